The lowest BCUT2D eigenvalue weighted by molar-refractivity contribution is -0.0190. The molecule has 1 aromatic heterocycles. The van der Waals surface area contributed by atoms with Gasteiger partial charge in [-0.1, -0.05) is 44.2 Å². The van der Waals surface area contributed by atoms with Gasteiger partial charge in [-0.15, -0.1) is 11.3 Å². The highest BCUT2D eigenvalue weighted by atomic mass is 32.1. The average Bonchev–Trinajstić information content (AvgIpc) is 3.61. The summed E-state index contributed by atoms with van der Waals surface area (Å²) in [5.74, 6) is -0.884. The first-order chi connectivity index (χ1) is 30.1. The number of rotatable bonds is 27. The van der Waals surface area contributed by atoms with E-state index in [9.17, 15) is 14.4 Å². The fraction of sp³-hybridized carbons (Fsp3) is 0.479. The van der Waals surface area contributed by atoms with Crippen LogP contribution in [0.25, 0.3) is 0 Å². The third-order valence-electron chi connectivity index (χ3n) is 10.4. The first-order valence-corrected chi connectivity index (χ1v) is 22.1. The van der Waals surface area contributed by atoms with Crippen LogP contribution in [0.4, 0.5) is 10.7 Å². The van der Waals surface area contributed by atoms with E-state index < -0.39 is 0 Å². The molecule has 5 rings (SSSR count). The van der Waals surface area contributed by atoms with E-state index in [4.69, 9.17) is 38.3 Å². The maximum Gasteiger partial charge on any atom is 0.337 e. The summed E-state index contributed by atoms with van der Waals surface area (Å²) < 4.78 is 37.7. The number of hydrogen-bond acceptors (Lipinski definition) is 12. The van der Waals surface area contributed by atoms with Crippen LogP contribution in [0.5, 0.6) is 0 Å². The molecule has 0 aliphatic heterocycles. The van der Waals surface area contributed by atoms with Gasteiger partial charge in [-0.3, -0.25) is 9.59 Å². The van der Waals surface area contributed by atoms with E-state index in [1.807, 2.05) is 55.5 Å². The zero-order valence-electron chi connectivity index (χ0n) is 36.5. The molecule has 1 aliphatic rings. The Kier molecular flexibility index (Phi) is 20.0. The maximum atomic E-state index is 14.1. The second kappa shape index (κ2) is 25.6. The van der Waals surface area contributed by atoms with Crippen LogP contribution in [0, 0.1) is 12.3 Å². The van der Waals surface area contributed by atoms with Gasteiger partial charge in [0.2, 0.25) is 0 Å². The summed E-state index contributed by atoms with van der Waals surface area (Å²) in [4.78, 5) is 40.8. The Balaban J connectivity index is 1.07. The van der Waals surface area contributed by atoms with Gasteiger partial charge in [0, 0.05) is 16.1 Å². The number of hydrogen-bond donors (Lipinski definition) is 3. The van der Waals surface area contributed by atoms with Crippen molar-refractivity contribution in [1.82, 2.24) is 0 Å². The van der Waals surface area contributed by atoms with E-state index in [0.29, 0.717) is 107 Å². The number of carbonyl (C=O) groups excluding carboxylic acids is 3. The Bertz CT molecular complexity index is 2030. The van der Waals surface area contributed by atoms with Gasteiger partial charge in [0.05, 0.1) is 104 Å². The lowest BCUT2D eigenvalue weighted by Gasteiger charge is -2.29. The summed E-state index contributed by atoms with van der Waals surface area (Å²) in [6, 6.07) is 20.7. The van der Waals surface area contributed by atoms with Crippen LogP contribution < -0.4 is 10.6 Å². The van der Waals surface area contributed by atoms with Crippen LogP contribution in [0.3, 0.4) is 0 Å². The molecule has 2 amide bonds. The third-order valence-corrected chi connectivity index (χ3v) is 11.6. The number of anilines is 2. The highest BCUT2D eigenvalue weighted by Crippen LogP contribution is 2.44. The Hall–Kier alpha value is -4.51. The highest BCUT2D eigenvalue weighted by molar-refractivity contribution is 7.17. The molecular formula is C48H62N2O11S. The maximum absolute atomic E-state index is 14.1. The third kappa shape index (κ3) is 15.7. The van der Waals surface area contributed by atoms with Crippen molar-refractivity contribution in [1.29, 1.82) is 0 Å². The standard InChI is InChI=1S/C48H62N2O11S/c1-34-30-40(15-14-37(34)11-8-35-9-12-38(13-10-35)47(54)55-4)49-45(53)43-41-16-17-48(2,3)32-42(41)62-46(43)50-44(52)39-7-5-6-36(31-39)33-61-29-28-60-27-26-59-25-24-58-23-22-57-21-20-56-19-18-51/h5-7,9-10,12-15,30-31,51H,8,11,16-29,32-33H2,1-4H3,(H,49,53)(H,50,52). The van der Waals surface area contributed by atoms with Crippen LogP contribution in [-0.2, 0) is 65.4 Å². The normalized spacial score (nSPS) is 13.1. The topological polar surface area (TPSA) is 160 Å². The first kappa shape index (κ1) is 48.5. The molecule has 0 spiro atoms. The lowest BCUT2D eigenvalue weighted by atomic mass is 9.77. The number of amides is 2. The molecule has 62 heavy (non-hydrogen) atoms. The fourth-order valence-electron chi connectivity index (χ4n) is 7.02. The summed E-state index contributed by atoms with van der Waals surface area (Å²) in [7, 11) is 1.37. The van der Waals surface area contributed by atoms with Gasteiger partial charge in [-0.05, 0) is 109 Å². The van der Waals surface area contributed by atoms with Gasteiger partial charge < -0.3 is 48.9 Å². The molecular weight excluding hydrogens is 813 g/mol. The molecule has 336 valence electrons. The van der Waals surface area contributed by atoms with Gasteiger partial charge in [0.15, 0.2) is 0 Å². The first-order valence-electron chi connectivity index (χ1n) is 21.3. The van der Waals surface area contributed by atoms with E-state index in [1.165, 1.54) is 24.0 Å². The van der Waals surface area contributed by atoms with Crippen molar-refractivity contribution in [3.63, 3.8) is 0 Å². The number of aryl methyl sites for hydroxylation is 3. The minimum atomic E-state index is -0.353. The molecule has 0 fully saturated rings. The molecule has 14 heteroatoms. The molecule has 0 saturated carbocycles. The Morgan fingerprint density at radius 2 is 1.32 bits per heavy atom. The van der Waals surface area contributed by atoms with Crippen molar-refractivity contribution in [3.05, 3.63) is 116 Å². The van der Waals surface area contributed by atoms with Crippen molar-refractivity contribution >= 4 is 39.8 Å². The molecule has 0 radical (unpaired) electrons. The number of thiophene rings is 1. The zero-order chi connectivity index (χ0) is 44.2. The van der Waals surface area contributed by atoms with E-state index in [-0.39, 0.29) is 29.8 Å². The average molecular weight is 875 g/mol. The van der Waals surface area contributed by atoms with Crippen molar-refractivity contribution in [2.45, 2.75) is 59.5 Å². The van der Waals surface area contributed by atoms with E-state index in [1.54, 1.807) is 18.2 Å². The summed E-state index contributed by atoms with van der Waals surface area (Å²) >= 11 is 1.49. The monoisotopic (exact) mass is 874 g/mol. The number of carbonyl (C=O) groups is 3. The quantitative estimate of drug-likeness (QED) is 0.0410. The zero-order valence-corrected chi connectivity index (χ0v) is 37.3. The molecule has 4 aromatic rings. The van der Waals surface area contributed by atoms with Crippen molar-refractivity contribution in [2.75, 3.05) is 97.0 Å². The lowest BCUT2D eigenvalue weighted by Crippen LogP contribution is -2.23. The molecule has 0 bridgehead atoms. The Morgan fingerprint density at radius 3 is 1.94 bits per heavy atom. The number of aliphatic hydroxyl groups excluding tert-OH is 1. The Morgan fingerprint density at radius 1 is 0.694 bits per heavy atom. The molecule has 1 heterocycles. The van der Waals surface area contributed by atoms with Crippen LogP contribution in [-0.4, -0.2) is 109 Å². The summed E-state index contributed by atoms with van der Waals surface area (Å²) in [5, 5.41) is 15.4. The second-order valence-electron chi connectivity index (χ2n) is 15.8. The van der Waals surface area contributed by atoms with Crippen molar-refractivity contribution in [3.8, 4) is 0 Å². The smallest absolute Gasteiger partial charge is 0.337 e. The van der Waals surface area contributed by atoms with Gasteiger partial charge in [0.1, 0.15) is 5.00 Å². The van der Waals surface area contributed by atoms with Crippen LogP contribution >= 0.6 is 11.3 Å². The van der Waals surface area contributed by atoms with Crippen LogP contribution in [0.15, 0.2) is 66.7 Å². The number of benzene rings is 3. The van der Waals surface area contributed by atoms with E-state index in [2.05, 4.69) is 24.5 Å². The van der Waals surface area contributed by atoms with Gasteiger partial charge in [-0.2, -0.15) is 0 Å². The van der Waals surface area contributed by atoms with E-state index >= 15 is 0 Å². The molecule has 3 N–H and O–H groups in total. The molecule has 3 aromatic carbocycles. The highest BCUT2D eigenvalue weighted by Gasteiger charge is 2.33. The molecule has 0 unspecified atom stereocenters. The van der Waals surface area contributed by atoms with Crippen LogP contribution in [0.1, 0.15) is 84.0 Å². The summed E-state index contributed by atoms with van der Waals surface area (Å²) in [5.41, 5.74) is 7.53. The minimum absolute atomic E-state index is 0.00667. The second-order valence-corrected chi connectivity index (χ2v) is 16.9. The summed E-state index contributed by atoms with van der Waals surface area (Å²) in [6.45, 7) is 11.6. The predicted molar refractivity (Wildman–Crippen MR) is 240 cm³/mol. The number of esters is 1. The number of aliphatic hydroxyl groups is 1. The van der Waals surface area contributed by atoms with Gasteiger partial charge in [0.25, 0.3) is 11.8 Å². The van der Waals surface area contributed by atoms with Gasteiger partial charge >= 0.3 is 5.97 Å². The van der Waals surface area contributed by atoms with Crippen molar-refractivity contribution < 1.29 is 52.6 Å². The number of ether oxygens (including phenoxy) is 7. The SMILES string of the molecule is COC(=O)c1ccc(CCc2ccc(NC(=O)c3c(NC(=O)c4cccc(COCCOCCOCCOCCOCCOCCO)c4)sc4c3CCC(C)(C)C4)cc2C)cc1. The molecule has 13 nitrogen and oxygen atoms in total. The minimum Gasteiger partial charge on any atom is -0.465 e. The number of methoxy groups -OCH3 is 1. The summed E-state index contributed by atoms with van der Waals surface area (Å²) in [6.07, 6.45) is 4.15. The van der Waals surface area contributed by atoms with Gasteiger partial charge in [-0.25, -0.2) is 4.79 Å². The Labute approximate surface area is 369 Å². The molecule has 0 atom stereocenters. The predicted octanol–water partition coefficient (Wildman–Crippen LogP) is 7.24. The number of fused-ring (bicyclic) bond motifs is 1. The molecule has 0 saturated heterocycles. The van der Waals surface area contributed by atoms with Crippen LogP contribution in [0.2, 0.25) is 0 Å². The molecule has 1 aliphatic carbocycles. The van der Waals surface area contributed by atoms with Crippen molar-refractivity contribution in [2.24, 2.45) is 5.41 Å². The fourth-order valence-corrected chi connectivity index (χ4v) is 8.52. The number of nitrogens with one attached hydrogen (secondary N) is 2. The van der Waals surface area contributed by atoms with E-state index in [0.717, 1.165) is 59.2 Å². The largest absolute Gasteiger partial charge is 0.465 e.